The molecule has 3 aromatic rings. The van der Waals surface area contributed by atoms with Crippen molar-refractivity contribution in [2.24, 2.45) is 0 Å². The van der Waals surface area contributed by atoms with Gasteiger partial charge in [0.2, 0.25) is 0 Å². The van der Waals surface area contributed by atoms with Gasteiger partial charge in [-0.2, -0.15) is 0 Å². The number of para-hydroxylation sites is 3. The molecule has 3 N–H and O–H groups in total. The number of esters is 1. The van der Waals surface area contributed by atoms with Gasteiger partial charge in [0.25, 0.3) is 0 Å². The Hall–Kier alpha value is -3.47. The number of methoxy groups -OCH3 is 1. The molecule has 0 unspecified atom stereocenters. The van der Waals surface area contributed by atoms with E-state index < -0.39 is 5.97 Å². The minimum absolute atomic E-state index is 0.358. The highest BCUT2D eigenvalue weighted by atomic mass is 16.5. The van der Waals surface area contributed by atoms with Gasteiger partial charge < -0.3 is 20.5 Å². The lowest BCUT2D eigenvalue weighted by Gasteiger charge is -2.15. The summed E-state index contributed by atoms with van der Waals surface area (Å²) < 4.78 is 10.8. The number of nitrogens with one attached hydrogen (secondary N) is 1. The zero-order valence-corrected chi connectivity index (χ0v) is 13.7. The van der Waals surface area contributed by atoms with E-state index in [4.69, 9.17) is 15.2 Å². The van der Waals surface area contributed by atoms with Crippen molar-refractivity contribution in [3.63, 3.8) is 0 Å². The lowest BCUT2D eigenvalue weighted by Crippen LogP contribution is -2.07. The SMILES string of the molecule is COC(=O)c1cc(N)ccc1Nc1ccccc1Oc1ccccc1. The van der Waals surface area contributed by atoms with Crippen molar-refractivity contribution in [1.29, 1.82) is 0 Å². The zero-order valence-electron chi connectivity index (χ0n) is 13.7. The highest BCUT2D eigenvalue weighted by Crippen LogP contribution is 2.33. The first-order valence-corrected chi connectivity index (χ1v) is 7.74. The Balaban J connectivity index is 1.93. The maximum absolute atomic E-state index is 12.0. The number of carbonyl (C=O) groups is 1. The molecule has 0 aliphatic rings. The molecule has 3 rings (SSSR count). The third kappa shape index (κ3) is 3.90. The van der Waals surface area contributed by atoms with Crippen molar-refractivity contribution in [2.75, 3.05) is 18.2 Å². The number of hydrogen-bond donors (Lipinski definition) is 2. The summed E-state index contributed by atoms with van der Waals surface area (Å²) in [7, 11) is 1.34. The number of nitrogen functional groups attached to an aromatic ring is 1. The minimum atomic E-state index is -0.462. The van der Waals surface area contributed by atoms with E-state index in [9.17, 15) is 4.79 Å². The largest absolute Gasteiger partial charge is 0.465 e. The Morgan fingerprint density at radius 2 is 1.64 bits per heavy atom. The zero-order chi connectivity index (χ0) is 17.6. The van der Waals surface area contributed by atoms with Crippen LogP contribution in [0.3, 0.4) is 0 Å². The van der Waals surface area contributed by atoms with E-state index in [1.807, 2.05) is 54.6 Å². The van der Waals surface area contributed by atoms with Crippen LogP contribution in [0.15, 0.2) is 72.8 Å². The molecule has 0 saturated carbocycles. The van der Waals surface area contributed by atoms with E-state index in [1.165, 1.54) is 7.11 Å². The number of nitrogens with two attached hydrogens (primary N) is 1. The summed E-state index contributed by atoms with van der Waals surface area (Å²) in [5, 5.41) is 3.22. The summed E-state index contributed by atoms with van der Waals surface area (Å²) in [6.45, 7) is 0. The van der Waals surface area contributed by atoms with Crippen molar-refractivity contribution < 1.29 is 14.3 Å². The molecule has 126 valence electrons. The molecule has 0 aliphatic carbocycles. The van der Waals surface area contributed by atoms with Crippen LogP contribution in [0.4, 0.5) is 17.1 Å². The molecule has 0 fully saturated rings. The maximum atomic E-state index is 12.0. The highest BCUT2D eigenvalue weighted by molar-refractivity contribution is 5.97. The van der Waals surface area contributed by atoms with Gasteiger partial charge in [0.15, 0.2) is 5.75 Å². The number of anilines is 3. The van der Waals surface area contributed by atoms with Crippen molar-refractivity contribution in [2.45, 2.75) is 0 Å². The second-order valence-electron chi connectivity index (χ2n) is 5.33. The third-order valence-electron chi connectivity index (χ3n) is 3.58. The molecular weight excluding hydrogens is 316 g/mol. The molecule has 0 bridgehead atoms. The average molecular weight is 334 g/mol. The summed E-state index contributed by atoms with van der Waals surface area (Å²) >= 11 is 0. The molecule has 0 spiro atoms. The minimum Gasteiger partial charge on any atom is -0.465 e. The van der Waals surface area contributed by atoms with E-state index in [1.54, 1.807) is 18.2 Å². The highest BCUT2D eigenvalue weighted by Gasteiger charge is 2.14. The van der Waals surface area contributed by atoms with Gasteiger partial charge in [0.05, 0.1) is 24.0 Å². The summed E-state index contributed by atoms with van der Waals surface area (Å²) in [4.78, 5) is 12.0. The number of ether oxygens (including phenoxy) is 2. The van der Waals surface area contributed by atoms with Gasteiger partial charge in [-0.15, -0.1) is 0 Å². The van der Waals surface area contributed by atoms with Crippen LogP contribution in [0.2, 0.25) is 0 Å². The fraction of sp³-hybridized carbons (Fsp3) is 0.0500. The maximum Gasteiger partial charge on any atom is 0.340 e. The van der Waals surface area contributed by atoms with Crippen LogP contribution >= 0.6 is 0 Å². The quantitative estimate of drug-likeness (QED) is 0.527. The van der Waals surface area contributed by atoms with Gasteiger partial charge in [-0.3, -0.25) is 0 Å². The molecule has 3 aromatic carbocycles. The van der Waals surface area contributed by atoms with Gasteiger partial charge in [-0.25, -0.2) is 4.79 Å². The molecule has 0 saturated heterocycles. The van der Waals surface area contributed by atoms with Crippen molar-refractivity contribution >= 4 is 23.0 Å². The van der Waals surface area contributed by atoms with Gasteiger partial charge in [-0.05, 0) is 42.5 Å². The number of carbonyl (C=O) groups excluding carboxylic acids is 1. The molecule has 0 atom stereocenters. The van der Waals surface area contributed by atoms with Gasteiger partial charge in [-0.1, -0.05) is 30.3 Å². The lowest BCUT2D eigenvalue weighted by molar-refractivity contribution is 0.0602. The lowest BCUT2D eigenvalue weighted by atomic mass is 10.1. The van der Waals surface area contributed by atoms with E-state index in [0.717, 1.165) is 11.4 Å². The summed E-state index contributed by atoms with van der Waals surface area (Å²) in [5.74, 6) is 0.903. The van der Waals surface area contributed by atoms with Crippen LogP contribution < -0.4 is 15.8 Å². The third-order valence-corrected chi connectivity index (χ3v) is 3.58. The molecule has 0 radical (unpaired) electrons. The predicted molar refractivity (Wildman–Crippen MR) is 98.4 cm³/mol. The second-order valence-corrected chi connectivity index (χ2v) is 5.33. The fourth-order valence-electron chi connectivity index (χ4n) is 2.37. The first kappa shape index (κ1) is 16.4. The standard InChI is InChI=1S/C20H18N2O3/c1-24-20(23)16-13-14(21)11-12-17(16)22-18-9-5-6-10-19(18)25-15-7-3-2-4-8-15/h2-13,22H,21H2,1H3. The molecule has 0 aliphatic heterocycles. The average Bonchev–Trinajstić information content (AvgIpc) is 2.65. The van der Waals surface area contributed by atoms with Crippen LogP contribution in [-0.4, -0.2) is 13.1 Å². The van der Waals surface area contributed by atoms with E-state index in [2.05, 4.69) is 5.32 Å². The Kier molecular flexibility index (Phi) is 4.85. The molecule has 0 aromatic heterocycles. The Labute approximate surface area is 146 Å². The van der Waals surface area contributed by atoms with Crippen LogP contribution in [0, 0.1) is 0 Å². The van der Waals surface area contributed by atoms with Crippen LogP contribution in [-0.2, 0) is 4.74 Å². The summed E-state index contributed by atoms with van der Waals surface area (Å²) in [6, 6.07) is 22.0. The Morgan fingerprint density at radius 1 is 0.920 bits per heavy atom. The molecule has 5 heteroatoms. The Bertz CT molecular complexity index is 879. The molecule has 0 amide bonds. The summed E-state index contributed by atoms with van der Waals surface area (Å²) in [5.41, 5.74) is 7.94. The van der Waals surface area contributed by atoms with Crippen LogP contribution in [0.25, 0.3) is 0 Å². The smallest absolute Gasteiger partial charge is 0.340 e. The molecule has 5 nitrogen and oxygen atoms in total. The van der Waals surface area contributed by atoms with Gasteiger partial charge in [0.1, 0.15) is 5.75 Å². The fourth-order valence-corrected chi connectivity index (χ4v) is 2.37. The van der Waals surface area contributed by atoms with E-state index in [0.29, 0.717) is 22.7 Å². The predicted octanol–water partition coefficient (Wildman–Crippen LogP) is 4.59. The van der Waals surface area contributed by atoms with E-state index >= 15 is 0 Å². The van der Waals surface area contributed by atoms with E-state index in [-0.39, 0.29) is 0 Å². The van der Waals surface area contributed by atoms with Crippen molar-refractivity contribution in [1.82, 2.24) is 0 Å². The number of benzene rings is 3. The normalized spacial score (nSPS) is 10.1. The summed E-state index contributed by atoms with van der Waals surface area (Å²) in [6.07, 6.45) is 0. The second kappa shape index (κ2) is 7.40. The first-order chi connectivity index (χ1) is 12.2. The van der Waals surface area contributed by atoms with Crippen LogP contribution in [0.5, 0.6) is 11.5 Å². The van der Waals surface area contributed by atoms with Gasteiger partial charge >= 0.3 is 5.97 Å². The molecule has 25 heavy (non-hydrogen) atoms. The molecular formula is C20H18N2O3. The van der Waals surface area contributed by atoms with Crippen molar-refractivity contribution in [3.05, 3.63) is 78.4 Å². The number of hydrogen-bond acceptors (Lipinski definition) is 5. The number of rotatable bonds is 5. The topological polar surface area (TPSA) is 73.6 Å². The van der Waals surface area contributed by atoms with Gasteiger partial charge in [0, 0.05) is 5.69 Å². The van der Waals surface area contributed by atoms with Crippen molar-refractivity contribution in [3.8, 4) is 11.5 Å². The first-order valence-electron chi connectivity index (χ1n) is 7.74. The van der Waals surface area contributed by atoms with Crippen LogP contribution in [0.1, 0.15) is 10.4 Å². The molecule has 0 heterocycles. The Morgan fingerprint density at radius 3 is 2.40 bits per heavy atom. The monoisotopic (exact) mass is 334 g/mol.